The molecule has 0 saturated carbocycles. The molecule has 0 fully saturated rings. The fourth-order valence-corrected chi connectivity index (χ4v) is 4.47. The van der Waals surface area contributed by atoms with Gasteiger partial charge in [0.05, 0.1) is 11.6 Å². The summed E-state index contributed by atoms with van der Waals surface area (Å²) >= 11 is 12.0. The molecule has 2 N–H and O–H groups in total. The van der Waals surface area contributed by atoms with Crippen LogP contribution in [-0.2, 0) is 21.4 Å². The summed E-state index contributed by atoms with van der Waals surface area (Å²) in [4.78, 5) is 12.0. The van der Waals surface area contributed by atoms with Crippen LogP contribution in [0.15, 0.2) is 53.4 Å². The van der Waals surface area contributed by atoms with Crippen molar-refractivity contribution in [2.45, 2.75) is 17.9 Å². The molecule has 0 spiro atoms. The molecule has 0 radical (unpaired) electrons. The highest BCUT2D eigenvalue weighted by molar-refractivity contribution is 7.89. The quantitative estimate of drug-likeness (QED) is 0.598. The molecule has 0 heterocycles. The van der Waals surface area contributed by atoms with Crippen molar-refractivity contribution in [3.8, 4) is 0 Å². The van der Waals surface area contributed by atoms with Gasteiger partial charge in [0.25, 0.3) is 0 Å². The molecule has 1 amide bonds. The third-order valence-corrected chi connectivity index (χ3v) is 6.20. The number of benzene rings is 2. The highest BCUT2D eigenvalue weighted by Gasteiger charge is 2.29. The molecule has 0 unspecified atom stereocenters. The number of carbonyl (C=O) groups is 1. The lowest BCUT2D eigenvalue weighted by atomic mass is 10.2. The van der Waals surface area contributed by atoms with Crippen LogP contribution in [0.4, 0.5) is 0 Å². The Hall–Kier alpha value is -1.64. The van der Waals surface area contributed by atoms with Gasteiger partial charge >= 0.3 is 0 Å². The van der Waals surface area contributed by atoms with E-state index in [1.54, 1.807) is 24.3 Å². The molecule has 2 aromatic rings. The molecule has 0 aliphatic rings. The third-order valence-electron chi connectivity index (χ3n) is 3.69. The highest BCUT2D eigenvalue weighted by atomic mass is 35.5. The van der Waals surface area contributed by atoms with Crippen molar-refractivity contribution in [1.82, 2.24) is 9.62 Å². The average Bonchev–Trinajstić information content (AvgIpc) is 2.64. The number of hydrogen-bond acceptors (Lipinski definition) is 4. The standard InChI is InChI=1S/C18H20Cl2N2O4S/c19-15-7-8-16(20)17(11-15)27(25,26)22(12-14-5-2-1-3-6-14)13-18(24)21-9-4-10-23/h1-3,5-8,11,23H,4,9-10,12-13H2,(H,21,24). The minimum absolute atomic E-state index is 0.000560. The van der Waals surface area contributed by atoms with Crippen LogP contribution in [0, 0.1) is 0 Å². The Morgan fingerprint density at radius 1 is 1.11 bits per heavy atom. The SMILES string of the molecule is O=C(CN(Cc1ccccc1)S(=O)(=O)c1cc(Cl)ccc1Cl)NCCCO. The molecule has 6 nitrogen and oxygen atoms in total. The molecule has 0 bridgehead atoms. The average molecular weight is 431 g/mol. The Kier molecular flexibility index (Phi) is 8.07. The first kappa shape index (κ1) is 21.7. The number of carbonyl (C=O) groups excluding carboxylic acids is 1. The molecule has 9 heteroatoms. The zero-order valence-corrected chi connectivity index (χ0v) is 16.8. The zero-order chi connectivity index (χ0) is 19.9. The van der Waals surface area contributed by atoms with Gasteiger partial charge < -0.3 is 10.4 Å². The van der Waals surface area contributed by atoms with Gasteiger partial charge in [-0.05, 0) is 30.2 Å². The van der Waals surface area contributed by atoms with Crippen LogP contribution < -0.4 is 5.32 Å². The molecule has 146 valence electrons. The second kappa shape index (κ2) is 10.1. The van der Waals surface area contributed by atoms with Crippen LogP contribution in [0.2, 0.25) is 10.0 Å². The fraction of sp³-hybridized carbons (Fsp3) is 0.278. The maximum atomic E-state index is 13.1. The Balaban J connectivity index is 2.32. The van der Waals surface area contributed by atoms with Gasteiger partial charge in [-0.15, -0.1) is 0 Å². The van der Waals surface area contributed by atoms with Gasteiger partial charge in [-0.25, -0.2) is 8.42 Å². The van der Waals surface area contributed by atoms with Crippen LogP contribution in [0.5, 0.6) is 0 Å². The Bertz CT molecular complexity index is 876. The van der Waals surface area contributed by atoms with Gasteiger partial charge in [-0.3, -0.25) is 4.79 Å². The van der Waals surface area contributed by atoms with Crippen LogP contribution in [0.3, 0.4) is 0 Å². The molecular formula is C18H20Cl2N2O4S. The maximum absolute atomic E-state index is 13.1. The molecule has 0 atom stereocenters. The first-order valence-corrected chi connectivity index (χ1v) is 10.4. The van der Waals surface area contributed by atoms with Crippen molar-refractivity contribution in [3.63, 3.8) is 0 Å². The normalized spacial score (nSPS) is 11.6. The molecule has 2 aromatic carbocycles. The van der Waals surface area contributed by atoms with Crippen LogP contribution in [0.25, 0.3) is 0 Å². The predicted molar refractivity (Wildman–Crippen MR) is 105 cm³/mol. The number of hydrogen-bond donors (Lipinski definition) is 2. The lowest BCUT2D eigenvalue weighted by Gasteiger charge is -2.22. The van der Waals surface area contributed by atoms with Gasteiger partial charge in [0.1, 0.15) is 4.90 Å². The van der Waals surface area contributed by atoms with E-state index in [9.17, 15) is 13.2 Å². The summed E-state index contributed by atoms with van der Waals surface area (Å²) in [5, 5.41) is 11.6. The summed E-state index contributed by atoms with van der Waals surface area (Å²) in [6.07, 6.45) is 0.386. The lowest BCUT2D eigenvalue weighted by Crippen LogP contribution is -2.40. The van der Waals surface area contributed by atoms with E-state index >= 15 is 0 Å². The summed E-state index contributed by atoms with van der Waals surface area (Å²) in [5.74, 6) is -0.471. The second-order valence-corrected chi connectivity index (χ2v) is 8.51. The molecule has 0 aliphatic carbocycles. The smallest absolute Gasteiger partial charge is 0.245 e. The number of aliphatic hydroxyl groups is 1. The van der Waals surface area contributed by atoms with Crippen molar-refractivity contribution in [2.75, 3.05) is 19.7 Å². The van der Waals surface area contributed by atoms with Gasteiger partial charge in [-0.2, -0.15) is 4.31 Å². The van der Waals surface area contributed by atoms with Crippen molar-refractivity contribution >= 4 is 39.1 Å². The number of aliphatic hydroxyl groups excluding tert-OH is 1. The maximum Gasteiger partial charge on any atom is 0.245 e. The Morgan fingerprint density at radius 2 is 1.81 bits per heavy atom. The number of nitrogens with zero attached hydrogens (tertiary/aromatic N) is 1. The summed E-state index contributed by atoms with van der Waals surface area (Å²) in [5.41, 5.74) is 0.724. The molecule has 0 aromatic heterocycles. The molecule has 2 rings (SSSR count). The van der Waals surface area contributed by atoms with Gasteiger partial charge in [0.2, 0.25) is 15.9 Å². The number of sulfonamides is 1. The fourth-order valence-electron chi connectivity index (χ4n) is 2.35. The number of nitrogens with one attached hydrogen (secondary N) is 1. The minimum atomic E-state index is -4.07. The van der Waals surface area contributed by atoms with Crippen LogP contribution >= 0.6 is 23.2 Å². The van der Waals surface area contributed by atoms with E-state index in [1.165, 1.54) is 18.2 Å². The topological polar surface area (TPSA) is 86.7 Å². The number of rotatable bonds is 9. The summed E-state index contributed by atoms with van der Waals surface area (Å²) < 4.78 is 27.3. The highest BCUT2D eigenvalue weighted by Crippen LogP contribution is 2.28. The Labute approximate surface area is 168 Å². The summed E-state index contributed by atoms with van der Waals surface area (Å²) in [7, 11) is -4.07. The van der Waals surface area contributed by atoms with E-state index in [4.69, 9.17) is 28.3 Å². The Morgan fingerprint density at radius 3 is 2.48 bits per heavy atom. The van der Waals surface area contributed by atoms with Crippen LogP contribution in [0.1, 0.15) is 12.0 Å². The van der Waals surface area contributed by atoms with Crippen molar-refractivity contribution in [3.05, 3.63) is 64.1 Å². The van der Waals surface area contributed by atoms with E-state index in [0.717, 1.165) is 9.87 Å². The van der Waals surface area contributed by atoms with Crippen LogP contribution in [-0.4, -0.2) is 43.4 Å². The minimum Gasteiger partial charge on any atom is -0.396 e. The van der Waals surface area contributed by atoms with Gasteiger partial charge in [0.15, 0.2) is 0 Å². The van der Waals surface area contributed by atoms with E-state index in [0.29, 0.717) is 6.42 Å². The third kappa shape index (κ3) is 6.19. The monoisotopic (exact) mass is 430 g/mol. The van der Waals surface area contributed by atoms with Gasteiger partial charge in [0, 0.05) is 24.7 Å². The molecule has 27 heavy (non-hydrogen) atoms. The van der Waals surface area contributed by atoms with E-state index in [2.05, 4.69) is 5.32 Å². The van der Waals surface area contributed by atoms with Crippen molar-refractivity contribution < 1.29 is 18.3 Å². The molecule has 0 saturated heterocycles. The van der Waals surface area contributed by atoms with Crippen molar-refractivity contribution in [1.29, 1.82) is 0 Å². The first-order valence-electron chi connectivity index (χ1n) is 8.21. The van der Waals surface area contributed by atoms with Crippen molar-refractivity contribution in [2.24, 2.45) is 0 Å². The zero-order valence-electron chi connectivity index (χ0n) is 14.4. The van der Waals surface area contributed by atoms with E-state index < -0.39 is 15.9 Å². The summed E-state index contributed by atoms with van der Waals surface area (Å²) in [6, 6.07) is 13.1. The second-order valence-electron chi connectivity index (χ2n) is 5.76. The van der Waals surface area contributed by atoms with E-state index in [-0.39, 0.29) is 41.2 Å². The number of halogens is 2. The molecule has 0 aliphatic heterocycles. The largest absolute Gasteiger partial charge is 0.396 e. The van der Waals surface area contributed by atoms with Gasteiger partial charge in [-0.1, -0.05) is 53.5 Å². The predicted octanol–water partition coefficient (Wildman–Crippen LogP) is 2.68. The first-order chi connectivity index (χ1) is 12.8. The number of amides is 1. The summed E-state index contributed by atoms with van der Waals surface area (Å²) in [6.45, 7) is -0.193. The molecular weight excluding hydrogens is 411 g/mol. The lowest BCUT2D eigenvalue weighted by molar-refractivity contribution is -0.121. The van der Waals surface area contributed by atoms with E-state index in [1.807, 2.05) is 6.07 Å².